The first-order chi connectivity index (χ1) is 11.5. The average Bonchev–Trinajstić information content (AvgIpc) is 2.56. The molecular weight excluding hydrogens is 322 g/mol. The maximum absolute atomic E-state index is 12.7. The third kappa shape index (κ3) is 3.11. The lowest BCUT2D eigenvalue weighted by molar-refractivity contribution is -0.116. The number of rotatable bonds is 4. The Kier molecular flexibility index (Phi) is 4.76. The van der Waals surface area contributed by atoms with Crippen molar-refractivity contribution in [2.24, 2.45) is 7.05 Å². The van der Waals surface area contributed by atoms with Gasteiger partial charge in [-0.1, -0.05) is 48.5 Å². The van der Waals surface area contributed by atoms with E-state index in [-0.39, 0.29) is 23.8 Å². The van der Waals surface area contributed by atoms with E-state index in [1.165, 1.54) is 11.8 Å². The van der Waals surface area contributed by atoms with E-state index in [0.717, 1.165) is 23.3 Å². The summed E-state index contributed by atoms with van der Waals surface area (Å²) in [5.41, 5.74) is 2.44. The van der Waals surface area contributed by atoms with Gasteiger partial charge in [-0.2, -0.15) is 4.98 Å². The summed E-state index contributed by atoms with van der Waals surface area (Å²) in [5, 5.41) is 3.52. The summed E-state index contributed by atoms with van der Waals surface area (Å²) in [4.78, 5) is 29.2. The van der Waals surface area contributed by atoms with Gasteiger partial charge in [-0.25, -0.2) is 0 Å². The Labute approximate surface area is 145 Å². The smallest absolute Gasteiger partial charge is 0.279 e. The van der Waals surface area contributed by atoms with Crippen molar-refractivity contribution in [2.45, 2.75) is 37.8 Å². The second-order valence-corrected chi connectivity index (χ2v) is 7.15. The molecule has 0 spiro atoms. The van der Waals surface area contributed by atoms with Crippen molar-refractivity contribution in [3.63, 3.8) is 0 Å². The molecule has 1 aromatic heterocycles. The molecule has 126 valence electrons. The summed E-state index contributed by atoms with van der Waals surface area (Å²) in [6, 6.07) is 7.97. The minimum absolute atomic E-state index is 0.0679. The fourth-order valence-corrected chi connectivity index (χ4v) is 3.85. The predicted molar refractivity (Wildman–Crippen MR) is 96.8 cm³/mol. The van der Waals surface area contributed by atoms with Gasteiger partial charge in [0.2, 0.25) is 5.91 Å². The fraction of sp³-hybridized carbons (Fsp3) is 0.389. The molecule has 2 aromatic rings. The number of nitrogens with zero attached hydrogens (tertiary/aromatic N) is 2. The van der Waals surface area contributed by atoms with E-state index in [1.54, 1.807) is 0 Å². The Morgan fingerprint density at radius 2 is 2.17 bits per heavy atom. The molecule has 1 atom stereocenters. The van der Waals surface area contributed by atoms with Crippen LogP contribution in [0.1, 0.15) is 42.4 Å². The fourth-order valence-electron chi connectivity index (χ4n) is 3.03. The van der Waals surface area contributed by atoms with Gasteiger partial charge in [0.15, 0.2) is 5.16 Å². The van der Waals surface area contributed by atoms with E-state index in [0.29, 0.717) is 16.5 Å². The van der Waals surface area contributed by atoms with Crippen LogP contribution in [0.25, 0.3) is 0 Å². The first-order valence-electron chi connectivity index (χ1n) is 8.11. The van der Waals surface area contributed by atoms with E-state index in [4.69, 9.17) is 0 Å². The lowest BCUT2D eigenvalue weighted by atomic mass is 9.86. The molecule has 0 saturated carbocycles. The number of amides is 1. The highest BCUT2D eigenvalue weighted by molar-refractivity contribution is 7.99. The molecule has 1 unspecified atom stereocenters. The highest BCUT2D eigenvalue weighted by Gasteiger charge is 2.32. The van der Waals surface area contributed by atoms with Crippen LogP contribution in [0.3, 0.4) is 0 Å². The van der Waals surface area contributed by atoms with Gasteiger partial charge < -0.3 is 9.88 Å². The van der Waals surface area contributed by atoms with Crippen LogP contribution in [-0.2, 0) is 11.8 Å². The number of nitrogens with one attached hydrogen (secondary N) is 1. The Balaban J connectivity index is 2.14. The molecule has 0 fully saturated rings. The second kappa shape index (κ2) is 6.81. The normalized spacial score (nSPS) is 16.6. The van der Waals surface area contributed by atoms with E-state index in [1.807, 2.05) is 42.8 Å². The van der Waals surface area contributed by atoms with Gasteiger partial charge in [0.25, 0.3) is 5.56 Å². The standard InChI is InChI=1S/C18H21N3O2S/c1-4-8-24-18-20-17(23)15-13(12-7-5-6-11(2)9-12)10-14(22)19-16(15)21(18)3/h5-7,9,13H,4,8,10H2,1-3H3,(H,19,22). The highest BCUT2D eigenvalue weighted by Crippen LogP contribution is 2.35. The maximum Gasteiger partial charge on any atom is 0.279 e. The Hall–Kier alpha value is -2.08. The molecule has 1 aliphatic heterocycles. The molecule has 6 heteroatoms. The van der Waals surface area contributed by atoms with Gasteiger partial charge in [0, 0.05) is 25.1 Å². The van der Waals surface area contributed by atoms with Crippen LogP contribution < -0.4 is 10.9 Å². The SMILES string of the molecule is CCCSc1nc(=O)c2c(n1C)NC(=O)CC2c1cccc(C)c1. The summed E-state index contributed by atoms with van der Waals surface area (Å²) in [5.74, 6) is 1.15. The number of thioether (sulfide) groups is 1. The van der Waals surface area contributed by atoms with Gasteiger partial charge in [-0.3, -0.25) is 9.59 Å². The molecular formula is C18H21N3O2S. The zero-order valence-electron chi connectivity index (χ0n) is 14.1. The molecule has 1 amide bonds. The predicted octanol–water partition coefficient (Wildman–Crippen LogP) is 3.06. The van der Waals surface area contributed by atoms with Crippen molar-refractivity contribution < 1.29 is 4.79 Å². The van der Waals surface area contributed by atoms with Crippen LogP contribution in [0.5, 0.6) is 0 Å². The molecule has 0 radical (unpaired) electrons. The number of benzene rings is 1. The molecule has 1 N–H and O–H groups in total. The summed E-state index contributed by atoms with van der Waals surface area (Å²) < 4.78 is 1.83. The largest absolute Gasteiger partial charge is 0.312 e. The van der Waals surface area contributed by atoms with Crippen LogP contribution in [0.2, 0.25) is 0 Å². The Morgan fingerprint density at radius 3 is 2.88 bits per heavy atom. The Morgan fingerprint density at radius 1 is 1.38 bits per heavy atom. The minimum atomic E-state index is -0.245. The van der Waals surface area contributed by atoms with Gasteiger partial charge in [0.05, 0.1) is 5.56 Å². The third-order valence-corrected chi connectivity index (χ3v) is 5.42. The summed E-state index contributed by atoms with van der Waals surface area (Å²) >= 11 is 1.54. The first kappa shape index (κ1) is 16.8. The number of carbonyl (C=O) groups excluding carboxylic acids is 1. The van der Waals surface area contributed by atoms with Crippen molar-refractivity contribution in [2.75, 3.05) is 11.1 Å². The number of aryl methyl sites for hydroxylation is 1. The zero-order valence-corrected chi connectivity index (χ0v) is 14.9. The van der Waals surface area contributed by atoms with Crippen LogP contribution in [0.4, 0.5) is 5.82 Å². The molecule has 2 heterocycles. The summed E-state index contributed by atoms with van der Waals surface area (Å²) in [6.07, 6.45) is 1.27. The van der Waals surface area contributed by atoms with Crippen molar-refractivity contribution in [3.8, 4) is 0 Å². The van der Waals surface area contributed by atoms with Gasteiger partial charge in [-0.05, 0) is 18.9 Å². The monoisotopic (exact) mass is 343 g/mol. The molecule has 1 aromatic carbocycles. The van der Waals surface area contributed by atoms with Crippen molar-refractivity contribution in [1.29, 1.82) is 0 Å². The third-order valence-electron chi connectivity index (χ3n) is 4.18. The lowest BCUT2D eigenvalue weighted by Gasteiger charge is -2.27. The summed E-state index contributed by atoms with van der Waals surface area (Å²) in [6.45, 7) is 4.09. The lowest BCUT2D eigenvalue weighted by Crippen LogP contribution is -2.33. The van der Waals surface area contributed by atoms with Crippen molar-refractivity contribution in [3.05, 3.63) is 51.3 Å². The van der Waals surface area contributed by atoms with Crippen LogP contribution in [-0.4, -0.2) is 21.2 Å². The van der Waals surface area contributed by atoms with Crippen LogP contribution >= 0.6 is 11.8 Å². The Bertz CT molecular complexity index is 845. The number of aromatic nitrogens is 2. The van der Waals surface area contributed by atoms with E-state index < -0.39 is 0 Å². The molecule has 0 aliphatic carbocycles. The number of carbonyl (C=O) groups is 1. The van der Waals surface area contributed by atoms with E-state index in [2.05, 4.69) is 17.2 Å². The van der Waals surface area contributed by atoms with Crippen molar-refractivity contribution >= 4 is 23.5 Å². The summed E-state index contributed by atoms with van der Waals surface area (Å²) in [7, 11) is 1.85. The molecule has 5 nitrogen and oxygen atoms in total. The first-order valence-corrected chi connectivity index (χ1v) is 9.10. The zero-order chi connectivity index (χ0) is 17.3. The van der Waals surface area contributed by atoms with Gasteiger partial charge >= 0.3 is 0 Å². The van der Waals surface area contributed by atoms with E-state index >= 15 is 0 Å². The van der Waals surface area contributed by atoms with Crippen LogP contribution in [0, 0.1) is 6.92 Å². The minimum Gasteiger partial charge on any atom is -0.312 e. The number of hydrogen-bond acceptors (Lipinski definition) is 4. The number of hydrogen-bond donors (Lipinski definition) is 1. The van der Waals surface area contributed by atoms with Crippen LogP contribution in [0.15, 0.2) is 34.2 Å². The molecule has 3 rings (SSSR count). The highest BCUT2D eigenvalue weighted by atomic mass is 32.2. The topological polar surface area (TPSA) is 64.0 Å². The maximum atomic E-state index is 12.7. The second-order valence-electron chi connectivity index (χ2n) is 6.09. The molecule has 0 saturated heterocycles. The van der Waals surface area contributed by atoms with Gasteiger partial charge in [0.1, 0.15) is 5.82 Å². The number of anilines is 1. The van der Waals surface area contributed by atoms with Crippen molar-refractivity contribution in [1.82, 2.24) is 9.55 Å². The molecule has 24 heavy (non-hydrogen) atoms. The molecule has 0 bridgehead atoms. The quantitative estimate of drug-likeness (QED) is 0.684. The number of fused-ring (bicyclic) bond motifs is 1. The van der Waals surface area contributed by atoms with E-state index in [9.17, 15) is 9.59 Å². The van der Waals surface area contributed by atoms with Gasteiger partial charge in [-0.15, -0.1) is 0 Å². The molecule has 1 aliphatic rings. The average molecular weight is 343 g/mol.